The number of aliphatic carboxylic acids is 1. The van der Waals surface area contributed by atoms with Gasteiger partial charge in [0.05, 0.1) is 6.54 Å². The quantitative estimate of drug-likeness (QED) is 0.435. The lowest BCUT2D eigenvalue weighted by Crippen LogP contribution is -2.46. The second-order valence-electron chi connectivity index (χ2n) is 4.53. The highest BCUT2D eigenvalue weighted by molar-refractivity contribution is 5.88. The van der Waals surface area contributed by atoms with Crippen LogP contribution in [0, 0.1) is 0 Å². The van der Waals surface area contributed by atoms with Crippen molar-refractivity contribution in [2.75, 3.05) is 26.7 Å². The van der Waals surface area contributed by atoms with E-state index in [0.717, 1.165) is 17.7 Å². The number of carboxylic acids is 1. The van der Waals surface area contributed by atoms with Crippen LogP contribution in [0.1, 0.15) is 12.8 Å². The lowest BCUT2D eigenvalue weighted by molar-refractivity contribution is -0.137. The maximum absolute atomic E-state index is 11.6. The largest absolute Gasteiger partial charge is 0.480 e. The van der Waals surface area contributed by atoms with Crippen LogP contribution in [0.5, 0.6) is 0 Å². The van der Waals surface area contributed by atoms with Gasteiger partial charge >= 0.3 is 12.0 Å². The first-order chi connectivity index (χ1) is 9.38. The molecule has 1 fully saturated rings. The molecule has 1 saturated carbocycles. The van der Waals surface area contributed by atoms with Gasteiger partial charge in [0.15, 0.2) is 0 Å². The summed E-state index contributed by atoms with van der Waals surface area (Å²) >= 11 is 0. The summed E-state index contributed by atoms with van der Waals surface area (Å²) in [6.07, 6.45) is 1.93. The van der Waals surface area contributed by atoms with E-state index in [1.807, 2.05) is 0 Å². The standard InChI is InChI=1S/C11H18N4O5/c1-15(6-9(17)14-7-2-3-7)11(20)13-4-8(16)12-5-10(18)19/h7H,2-6H2,1H3,(H,12,16)(H,13,20)(H,14,17)(H,18,19). The fourth-order valence-corrected chi connectivity index (χ4v) is 1.32. The Hall–Kier alpha value is -2.32. The highest BCUT2D eigenvalue weighted by Gasteiger charge is 2.24. The molecular formula is C11H18N4O5. The van der Waals surface area contributed by atoms with Crippen molar-refractivity contribution in [3.8, 4) is 0 Å². The predicted molar refractivity (Wildman–Crippen MR) is 67.8 cm³/mol. The molecule has 9 heteroatoms. The zero-order valence-corrected chi connectivity index (χ0v) is 11.1. The van der Waals surface area contributed by atoms with Crippen LogP contribution in [0.15, 0.2) is 0 Å². The van der Waals surface area contributed by atoms with Gasteiger partial charge in [0.2, 0.25) is 11.8 Å². The first-order valence-electron chi connectivity index (χ1n) is 6.15. The second-order valence-corrected chi connectivity index (χ2v) is 4.53. The maximum atomic E-state index is 11.6. The third-order valence-corrected chi connectivity index (χ3v) is 2.51. The fourth-order valence-electron chi connectivity index (χ4n) is 1.32. The molecule has 4 N–H and O–H groups in total. The molecule has 0 radical (unpaired) electrons. The van der Waals surface area contributed by atoms with E-state index in [2.05, 4.69) is 16.0 Å². The molecule has 0 aromatic rings. The van der Waals surface area contributed by atoms with Gasteiger partial charge in [-0.2, -0.15) is 0 Å². The first kappa shape index (κ1) is 15.7. The summed E-state index contributed by atoms with van der Waals surface area (Å²) < 4.78 is 0. The van der Waals surface area contributed by atoms with Gasteiger partial charge in [0.1, 0.15) is 13.1 Å². The Kier molecular flexibility index (Phi) is 5.75. The van der Waals surface area contributed by atoms with Gasteiger partial charge < -0.3 is 26.0 Å². The first-order valence-corrected chi connectivity index (χ1v) is 6.15. The second kappa shape index (κ2) is 7.31. The van der Waals surface area contributed by atoms with Crippen molar-refractivity contribution in [3.63, 3.8) is 0 Å². The molecule has 0 spiro atoms. The number of amides is 4. The topological polar surface area (TPSA) is 128 Å². The van der Waals surface area contributed by atoms with Crippen LogP contribution < -0.4 is 16.0 Å². The zero-order chi connectivity index (χ0) is 15.1. The Balaban J connectivity index is 2.18. The van der Waals surface area contributed by atoms with Crippen molar-refractivity contribution < 1.29 is 24.3 Å². The smallest absolute Gasteiger partial charge is 0.322 e. The SMILES string of the molecule is CN(CC(=O)NC1CC1)C(=O)NCC(=O)NCC(=O)O. The summed E-state index contributed by atoms with van der Waals surface area (Å²) in [5.41, 5.74) is 0. The van der Waals surface area contributed by atoms with E-state index in [-0.39, 0.29) is 25.0 Å². The van der Waals surface area contributed by atoms with E-state index in [4.69, 9.17) is 5.11 Å². The van der Waals surface area contributed by atoms with Crippen molar-refractivity contribution in [1.29, 1.82) is 0 Å². The summed E-state index contributed by atoms with van der Waals surface area (Å²) in [5, 5.41) is 15.5. The van der Waals surface area contributed by atoms with Crippen LogP contribution >= 0.6 is 0 Å². The summed E-state index contributed by atoms with van der Waals surface area (Å²) in [5.74, 6) is -2.03. The van der Waals surface area contributed by atoms with Crippen LogP contribution in [0.25, 0.3) is 0 Å². The summed E-state index contributed by atoms with van der Waals surface area (Å²) in [6, 6.07) is -0.359. The van der Waals surface area contributed by atoms with Crippen LogP contribution in [0.2, 0.25) is 0 Å². The van der Waals surface area contributed by atoms with Crippen molar-refractivity contribution in [1.82, 2.24) is 20.9 Å². The van der Waals surface area contributed by atoms with Gasteiger partial charge in [-0.1, -0.05) is 0 Å². The number of hydrogen-bond acceptors (Lipinski definition) is 4. The molecular weight excluding hydrogens is 268 g/mol. The Morgan fingerprint density at radius 2 is 1.75 bits per heavy atom. The molecule has 0 atom stereocenters. The number of nitrogens with one attached hydrogen (secondary N) is 3. The molecule has 0 aliphatic heterocycles. The normalized spacial score (nSPS) is 13.2. The van der Waals surface area contributed by atoms with Crippen molar-refractivity contribution in [2.45, 2.75) is 18.9 Å². The van der Waals surface area contributed by atoms with E-state index >= 15 is 0 Å². The summed E-state index contributed by atoms with van der Waals surface area (Å²) in [7, 11) is 1.43. The minimum absolute atomic E-state index is 0.0981. The minimum Gasteiger partial charge on any atom is -0.480 e. The molecule has 1 rings (SSSR count). The fraction of sp³-hybridized carbons (Fsp3) is 0.636. The van der Waals surface area contributed by atoms with E-state index in [9.17, 15) is 19.2 Å². The Bertz CT molecular complexity index is 408. The maximum Gasteiger partial charge on any atom is 0.322 e. The molecule has 0 heterocycles. The Labute approximate surface area is 115 Å². The molecule has 1 aliphatic carbocycles. The van der Waals surface area contributed by atoms with Gasteiger partial charge in [0, 0.05) is 13.1 Å². The Morgan fingerprint density at radius 3 is 2.30 bits per heavy atom. The van der Waals surface area contributed by atoms with E-state index in [1.165, 1.54) is 7.05 Å². The molecule has 4 amide bonds. The highest BCUT2D eigenvalue weighted by Crippen LogP contribution is 2.18. The van der Waals surface area contributed by atoms with Crippen LogP contribution in [0.3, 0.4) is 0 Å². The van der Waals surface area contributed by atoms with Crippen LogP contribution in [0.4, 0.5) is 4.79 Å². The molecule has 0 saturated heterocycles. The zero-order valence-electron chi connectivity index (χ0n) is 11.1. The van der Waals surface area contributed by atoms with Crippen LogP contribution in [-0.4, -0.2) is 66.5 Å². The lowest BCUT2D eigenvalue weighted by atomic mass is 10.5. The Morgan fingerprint density at radius 1 is 1.10 bits per heavy atom. The van der Waals surface area contributed by atoms with E-state index in [0.29, 0.717) is 0 Å². The summed E-state index contributed by atoms with van der Waals surface area (Å²) in [4.78, 5) is 45.5. The molecule has 9 nitrogen and oxygen atoms in total. The number of urea groups is 1. The average Bonchev–Trinajstić information content (AvgIpc) is 3.16. The van der Waals surface area contributed by atoms with Crippen molar-refractivity contribution in [2.24, 2.45) is 0 Å². The third-order valence-electron chi connectivity index (χ3n) is 2.51. The van der Waals surface area contributed by atoms with Gasteiger partial charge in [-0.05, 0) is 12.8 Å². The van der Waals surface area contributed by atoms with Gasteiger partial charge in [-0.15, -0.1) is 0 Å². The molecule has 112 valence electrons. The number of hydrogen-bond donors (Lipinski definition) is 4. The summed E-state index contributed by atoms with van der Waals surface area (Å²) in [6.45, 7) is -0.950. The monoisotopic (exact) mass is 286 g/mol. The van der Waals surface area contributed by atoms with Crippen LogP contribution in [-0.2, 0) is 14.4 Å². The van der Waals surface area contributed by atoms with Crippen molar-refractivity contribution in [3.05, 3.63) is 0 Å². The van der Waals surface area contributed by atoms with Gasteiger partial charge in [0.25, 0.3) is 0 Å². The van der Waals surface area contributed by atoms with E-state index in [1.54, 1.807) is 0 Å². The van der Waals surface area contributed by atoms with Crippen molar-refractivity contribution >= 4 is 23.8 Å². The molecule has 1 aliphatic rings. The minimum atomic E-state index is -1.17. The molecule has 0 unspecified atom stereocenters. The van der Waals surface area contributed by atoms with Gasteiger partial charge in [-0.3, -0.25) is 14.4 Å². The van der Waals surface area contributed by atoms with E-state index < -0.39 is 24.5 Å². The average molecular weight is 286 g/mol. The number of likely N-dealkylation sites (N-methyl/N-ethyl adjacent to an activating group) is 1. The predicted octanol–water partition coefficient (Wildman–Crippen LogP) is -1.89. The molecule has 0 aromatic carbocycles. The lowest BCUT2D eigenvalue weighted by Gasteiger charge is -2.17. The molecule has 20 heavy (non-hydrogen) atoms. The number of rotatable bonds is 7. The number of nitrogens with zero attached hydrogens (tertiary/aromatic N) is 1. The van der Waals surface area contributed by atoms with Gasteiger partial charge in [-0.25, -0.2) is 4.79 Å². The number of carbonyl (C=O) groups excluding carboxylic acids is 3. The number of carbonyl (C=O) groups is 4. The molecule has 0 aromatic heterocycles. The third kappa shape index (κ3) is 6.57. The molecule has 0 bridgehead atoms. The highest BCUT2D eigenvalue weighted by atomic mass is 16.4. The number of carboxylic acid groups (broad SMARTS) is 1.